The minimum absolute atomic E-state index is 0.297. The van der Waals surface area contributed by atoms with Gasteiger partial charge in [0.2, 0.25) is 0 Å². The van der Waals surface area contributed by atoms with E-state index in [-0.39, 0.29) is 0 Å². The lowest BCUT2D eigenvalue weighted by molar-refractivity contribution is 0.379. The van der Waals surface area contributed by atoms with E-state index in [1.165, 1.54) is 7.11 Å². The molecule has 88 valence electrons. The van der Waals surface area contributed by atoms with E-state index in [2.05, 4.69) is 15.3 Å². The first-order valence-corrected chi connectivity index (χ1v) is 5.48. The van der Waals surface area contributed by atoms with Gasteiger partial charge in [0.25, 0.3) is 0 Å². The highest BCUT2D eigenvalue weighted by Gasteiger charge is 2.10. The Morgan fingerprint density at radius 3 is 2.53 bits per heavy atom. The fourth-order valence-electron chi connectivity index (χ4n) is 1.37. The Morgan fingerprint density at radius 2 is 1.88 bits per heavy atom. The van der Waals surface area contributed by atoms with Crippen LogP contribution in [0.3, 0.4) is 0 Å². The van der Waals surface area contributed by atoms with Gasteiger partial charge in [0, 0.05) is 5.69 Å². The molecule has 0 atom stereocenters. The topological polar surface area (TPSA) is 47.0 Å². The summed E-state index contributed by atoms with van der Waals surface area (Å²) in [6.45, 7) is 1.81. The highest BCUT2D eigenvalue weighted by atomic mass is 35.5. The second-order valence-corrected chi connectivity index (χ2v) is 3.83. The third-order valence-electron chi connectivity index (χ3n) is 2.22. The van der Waals surface area contributed by atoms with Gasteiger partial charge in [-0.1, -0.05) is 29.8 Å². The summed E-state index contributed by atoms with van der Waals surface area (Å²) in [5.74, 6) is 0.544. The molecule has 0 unspecified atom stereocenters. The predicted molar refractivity (Wildman–Crippen MR) is 68.1 cm³/mol. The molecule has 2 aromatic rings. The number of nitrogens with one attached hydrogen (secondary N) is 1. The Hall–Kier alpha value is -1.81. The Balaban J connectivity index is 2.35. The Kier molecular flexibility index (Phi) is 3.44. The Labute approximate surface area is 105 Å². The van der Waals surface area contributed by atoms with Crippen molar-refractivity contribution in [1.29, 1.82) is 0 Å². The number of ether oxygens (including phenoxy) is 1. The first-order valence-electron chi connectivity index (χ1n) is 5.11. The number of hydrogen-bond acceptors (Lipinski definition) is 4. The molecule has 4 nitrogen and oxygen atoms in total. The van der Waals surface area contributed by atoms with Crippen LogP contribution >= 0.6 is 11.6 Å². The minimum Gasteiger partial charge on any atom is -0.467 e. The zero-order valence-corrected chi connectivity index (χ0v) is 10.3. The number of hydrogen-bond donors (Lipinski definition) is 1. The van der Waals surface area contributed by atoms with Gasteiger partial charge in [-0.25, -0.2) is 0 Å². The van der Waals surface area contributed by atoms with E-state index in [1.54, 1.807) is 0 Å². The van der Waals surface area contributed by atoms with Gasteiger partial charge in [-0.05, 0) is 19.1 Å². The molecule has 0 spiro atoms. The van der Waals surface area contributed by atoms with E-state index < -0.39 is 0 Å². The van der Waals surface area contributed by atoms with Crippen molar-refractivity contribution in [2.45, 2.75) is 6.92 Å². The normalized spacial score (nSPS) is 10.1. The number of nitrogens with zero attached hydrogens (tertiary/aromatic N) is 2. The van der Waals surface area contributed by atoms with Crippen LogP contribution in [0.2, 0.25) is 5.02 Å². The third kappa shape index (κ3) is 2.65. The van der Waals surface area contributed by atoms with Gasteiger partial charge in [-0.2, -0.15) is 9.97 Å². The standard InChI is InChI=1S/C12H12ClN3O/c1-8-10(13)11(16-12(14-8)17-2)15-9-6-4-3-5-7-9/h3-7H,1-2H3,(H,14,15,16). The number of aryl methyl sites for hydroxylation is 1. The van der Waals surface area contributed by atoms with Crippen LogP contribution in [0, 0.1) is 6.92 Å². The molecule has 0 radical (unpaired) electrons. The minimum atomic E-state index is 0.297. The SMILES string of the molecule is COc1nc(C)c(Cl)c(Nc2ccccc2)n1. The lowest BCUT2D eigenvalue weighted by atomic mass is 10.3. The lowest BCUT2D eigenvalue weighted by Crippen LogP contribution is -2.01. The van der Waals surface area contributed by atoms with Gasteiger partial charge >= 0.3 is 6.01 Å². The van der Waals surface area contributed by atoms with E-state index in [0.717, 1.165) is 5.69 Å². The second-order valence-electron chi connectivity index (χ2n) is 3.45. The fraction of sp³-hybridized carbons (Fsp3) is 0.167. The number of para-hydroxylation sites is 1. The third-order valence-corrected chi connectivity index (χ3v) is 2.67. The van der Waals surface area contributed by atoms with Crippen molar-refractivity contribution in [1.82, 2.24) is 9.97 Å². The van der Waals surface area contributed by atoms with Crippen molar-refractivity contribution >= 4 is 23.1 Å². The van der Waals surface area contributed by atoms with Crippen LogP contribution < -0.4 is 10.1 Å². The fourth-order valence-corrected chi connectivity index (χ4v) is 1.50. The van der Waals surface area contributed by atoms with Crippen LogP contribution in [0.25, 0.3) is 0 Å². The number of methoxy groups -OCH3 is 1. The molecule has 1 N–H and O–H groups in total. The smallest absolute Gasteiger partial charge is 0.318 e. The van der Waals surface area contributed by atoms with Crippen molar-refractivity contribution in [3.8, 4) is 6.01 Å². The van der Waals surface area contributed by atoms with Gasteiger partial charge in [-0.3, -0.25) is 0 Å². The number of aromatic nitrogens is 2. The maximum atomic E-state index is 6.13. The van der Waals surface area contributed by atoms with Gasteiger partial charge in [0.05, 0.1) is 12.8 Å². The monoisotopic (exact) mass is 249 g/mol. The van der Waals surface area contributed by atoms with E-state index in [1.807, 2.05) is 37.3 Å². The Morgan fingerprint density at radius 1 is 1.18 bits per heavy atom. The van der Waals surface area contributed by atoms with Gasteiger partial charge in [-0.15, -0.1) is 0 Å². The molecule has 1 heterocycles. The summed E-state index contributed by atoms with van der Waals surface area (Å²) in [6, 6.07) is 9.97. The van der Waals surface area contributed by atoms with Gasteiger partial charge in [0.15, 0.2) is 5.82 Å². The molecule has 1 aromatic carbocycles. The Bertz CT molecular complexity index is 517. The van der Waals surface area contributed by atoms with E-state index in [9.17, 15) is 0 Å². The van der Waals surface area contributed by atoms with Crippen LogP contribution in [0.15, 0.2) is 30.3 Å². The average Bonchev–Trinajstić information content (AvgIpc) is 2.36. The molecular weight excluding hydrogens is 238 g/mol. The molecule has 0 amide bonds. The number of benzene rings is 1. The summed E-state index contributed by atoms with van der Waals surface area (Å²) in [7, 11) is 1.52. The zero-order chi connectivity index (χ0) is 12.3. The number of rotatable bonds is 3. The first-order chi connectivity index (χ1) is 8.20. The molecule has 0 aliphatic heterocycles. The van der Waals surface area contributed by atoms with Crippen molar-refractivity contribution in [3.05, 3.63) is 41.0 Å². The van der Waals surface area contributed by atoms with Crippen LogP contribution in [-0.2, 0) is 0 Å². The van der Waals surface area contributed by atoms with Crippen molar-refractivity contribution in [2.24, 2.45) is 0 Å². The van der Waals surface area contributed by atoms with Crippen molar-refractivity contribution in [2.75, 3.05) is 12.4 Å². The summed E-state index contributed by atoms with van der Waals surface area (Å²) < 4.78 is 5.01. The summed E-state index contributed by atoms with van der Waals surface area (Å²) in [4.78, 5) is 8.26. The average molecular weight is 250 g/mol. The van der Waals surface area contributed by atoms with Gasteiger partial charge in [0.1, 0.15) is 5.02 Å². The zero-order valence-electron chi connectivity index (χ0n) is 9.57. The molecule has 17 heavy (non-hydrogen) atoms. The number of halogens is 1. The highest BCUT2D eigenvalue weighted by Crippen LogP contribution is 2.27. The van der Waals surface area contributed by atoms with E-state index in [0.29, 0.717) is 22.5 Å². The molecule has 0 aliphatic carbocycles. The molecule has 0 saturated heterocycles. The maximum Gasteiger partial charge on any atom is 0.318 e. The van der Waals surface area contributed by atoms with E-state index >= 15 is 0 Å². The second kappa shape index (κ2) is 5.01. The van der Waals surface area contributed by atoms with E-state index in [4.69, 9.17) is 16.3 Å². The molecule has 0 aliphatic rings. The first kappa shape index (κ1) is 11.7. The maximum absolute atomic E-state index is 6.13. The summed E-state index contributed by atoms with van der Waals surface area (Å²) in [6.07, 6.45) is 0. The molecule has 0 fully saturated rings. The predicted octanol–water partition coefficient (Wildman–Crippen LogP) is 3.19. The molecule has 0 bridgehead atoms. The summed E-state index contributed by atoms with van der Waals surface area (Å²) >= 11 is 6.13. The van der Waals surface area contributed by atoms with Crippen LogP contribution in [0.4, 0.5) is 11.5 Å². The molecular formula is C12H12ClN3O. The van der Waals surface area contributed by atoms with Crippen LogP contribution in [-0.4, -0.2) is 17.1 Å². The van der Waals surface area contributed by atoms with Crippen LogP contribution in [0.1, 0.15) is 5.69 Å². The van der Waals surface area contributed by atoms with Crippen molar-refractivity contribution < 1.29 is 4.74 Å². The quantitative estimate of drug-likeness (QED) is 0.908. The van der Waals surface area contributed by atoms with Gasteiger partial charge < -0.3 is 10.1 Å². The molecule has 2 rings (SSSR count). The number of anilines is 2. The molecule has 0 saturated carbocycles. The summed E-state index contributed by atoms with van der Waals surface area (Å²) in [5.41, 5.74) is 1.59. The van der Waals surface area contributed by atoms with Crippen LogP contribution in [0.5, 0.6) is 6.01 Å². The largest absolute Gasteiger partial charge is 0.467 e. The lowest BCUT2D eigenvalue weighted by Gasteiger charge is -2.10. The molecule has 1 aromatic heterocycles. The molecule has 5 heteroatoms. The highest BCUT2D eigenvalue weighted by molar-refractivity contribution is 6.33. The van der Waals surface area contributed by atoms with Crippen molar-refractivity contribution in [3.63, 3.8) is 0 Å². The summed E-state index contributed by atoms with van der Waals surface area (Å²) in [5, 5.41) is 3.62.